The highest BCUT2D eigenvalue weighted by Gasteiger charge is 2.39. The molecule has 8 nitrogen and oxygen atoms in total. The molecule has 5 rings (SSSR count). The first-order chi connectivity index (χ1) is 14.9. The molecule has 1 aliphatic heterocycles. The topological polar surface area (TPSA) is 85.2 Å². The van der Waals surface area contributed by atoms with Crippen molar-refractivity contribution in [2.45, 2.75) is 20.0 Å². The number of para-hydroxylation sites is 1. The lowest BCUT2D eigenvalue weighted by Crippen LogP contribution is -2.46. The van der Waals surface area contributed by atoms with Crippen LogP contribution in [-0.4, -0.2) is 31.3 Å². The van der Waals surface area contributed by atoms with Crippen molar-refractivity contribution in [1.29, 1.82) is 0 Å². The Balaban J connectivity index is 1.79. The van der Waals surface area contributed by atoms with Gasteiger partial charge in [-0.25, -0.2) is 0 Å². The Morgan fingerprint density at radius 3 is 2.61 bits per heavy atom. The lowest BCUT2D eigenvalue weighted by molar-refractivity contribution is -0.127. The number of pyridine rings is 1. The third-order valence-electron chi connectivity index (χ3n) is 5.68. The van der Waals surface area contributed by atoms with Crippen molar-refractivity contribution in [1.82, 2.24) is 19.3 Å². The Labute approximate surface area is 178 Å². The lowest BCUT2D eigenvalue weighted by Gasteiger charge is -2.36. The number of carbonyl (C=O) groups is 1. The molecule has 0 saturated carbocycles. The Bertz CT molecular complexity index is 1380. The molecule has 1 unspecified atom stereocenters. The predicted molar refractivity (Wildman–Crippen MR) is 119 cm³/mol. The summed E-state index contributed by atoms with van der Waals surface area (Å²) in [5.41, 5.74) is 3.47. The zero-order valence-corrected chi connectivity index (χ0v) is 17.8. The molecule has 3 aromatic heterocycles. The number of carbonyl (C=O) groups excluding carboxylic acids is 1. The van der Waals surface area contributed by atoms with E-state index in [2.05, 4.69) is 10.1 Å². The molecule has 31 heavy (non-hydrogen) atoms. The number of ether oxygens (including phenoxy) is 1. The first-order valence-electron chi connectivity index (χ1n) is 10.2. The number of aromatic nitrogens is 4. The highest BCUT2D eigenvalue weighted by Crippen LogP contribution is 2.46. The summed E-state index contributed by atoms with van der Waals surface area (Å²) in [5.74, 6) is 0.464. The van der Waals surface area contributed by atoms with E-state index in [9.17, 15) is 9.59 Å². The van der Waals surface area contributed by atoms with Crippen LogP contribution < -0.4 is 15.2 Å². The summed E-state index contributed by atoms with van der Waals surface area (Å²) in [5, 5.41) is 5.06. The van der Waals surface area contributed by atoms with E-state index < -0.39 is 6.10 Å². The fourth-order valence-electron chi connectivity index (χ4n) is 4.16. The van der Waals surface area contributed by atoms with Crippen LogP contribution in [0.1, 0.15) is 13.8 Å². The Hall–Kier alpha value is -3.81. The van der Waals surface area contributed by atoms with Crippen LogP contribution in [-0.2, 0) is 18.9 Å². The fraction of sp³-hybridized carbons (Fsp3) is 0.261. The number of anilines is 2. The Kier molecular flexibility index (Phi) is 4.25. The monoisotopic (exact) mass is 417 g/mol. The molecular weight excluding hydrogens is 394 g/mol. The van der Waals surface area contributed by atoms with Gasteiger partial charge in [0, 0.05) is 49.2 Å². The van der Waals surface area contributed by atoms with Crippen molar-refractivity contribution in [2.75, 3.05) is 4.90 Å². The van der Waals surface area contributed by atoms with Crippen LogP contribution in [0.4, 0.5) is 11.4 Å². The lowest BCUT2D eigenvalue weighted by atomic mass is 9.97. The van der Waals surface area contributed by atoms with E-state index in [-0.39, 0.29) is 17.4 Å². The molecule has 4 aromatic rings. The zero-order chi connectivity index (χ0) is 21.9. The maximum Gasteiger partial charge on any atom is 0.274 e. The average Bonchev–Trinajstić information content (AvgIpc) is 3.39. The summed E-state index contributed by atoms with van der Waals surface area (Å²) >= 11 is 0. The summed E-state index contributed by atoms with van der Waals surface area (Å²) in [6, 6.07) is 7.61. The molecule has 0 bridgehead atoms. The minimum atomic E-state index is -0.636. The smallest absolute Gasteiger partial charge is 0.274 e. The minimum Gasteiger partial charge on any atom is -0.477 e. The second kappa shape index (κ2) is 6.87. The largest absolute Gasteiger partial charge is 0.477 e. The number of nitrogens with one attached hydrogen (secondary N) is 1. The van der Waals surface area contributed by atoms with Gasteiger partial charge >= 0.3 is 0 Å². The molecule has 1 N–H and O–H groups in total. The number of fused-ring (bicyclic) bond motifs is 2. The van der Waals surface area contributed by atoms with E-state index in [1.165, 1.54) is 0 Å². The van der Waals surface area contributed by atoms with Crippen molar-refractivity contribution < 1.29 is 9.53 Å². The number of benzene rings is 1. The van der Waals surface area contributed by atoms with Gasteiger partial charge < -0.3 is 14.3 Å². The van der Waals surface area contributed by atoms with E-state index in [0.29, 0.717) is 22.6 Å². The van der Waals surface area contributed by atoms with Crippen molar-refractivity contribution in [3.63, 3.8) is 0 Å². The molecular formula is C23H23N5O3. The van der Waals surface area contributed by atoms with E-state index >= 15 is 0 Å². The van der Waals surface area contributed by atoms with E-state index in [4.69, 9.17) is 4.74 Å². The van der Waals surface area contributed by atoms with Crippen molar-refractivity contribution in [3.8, 4) is 16.9 Å². The molecule has 158 valence electrons. The summed E-state index contributed by atoms with van der Waals surface area (Å²) < 4.78 is 9.55. The SMILES string of the molecule is CC(C)C1Oc2c(-c3cn(C)c(=O)c4[nH]ccc34)cccc2N(c2cnn(C)c2)C1=O. The summed E-state index contributed by atoms with van der Waals surface area (Å²) in [4.78, 5) is 30.6. The highest BCUT2D eigenvalue weighted by molar-refractivity contribution is 6.08. The third kappa shape index (κ3) is 2.86. The zero-order valence-electron chi connectivity index (χ0n) is 17.8. The van der Waals surface area contributed by atoms with Gasteiger partial charge in [-0.15, -0.1) is 0 Å². The van der Waals surface area contributed by atoms with Gasteiger partial charge in [-0.05, 0) is 18.1 Å². The van der Waals surface area contributed by atoms with Crippen LogP contribution in [0.3, 0.4) is 0 Å². The Morgan fingerprint density at radius 2 is 1.90 bits per heavy atom. The van der Waals surface area contributed by atoms with Gasteiger partial charge in [-0.1, -0.05) is 26.0 Å². The molecule has 0 radical (unpaired) electrons. The van der Waals surface area contributed by atoms with Crippen LogP contribution in [0.25, 0.3) is 22.0 Å². The number of amides is 1. The van der Waals surface area contributed by atoms with Crippen LogP contribution in [0.5, 0.6) is 5.75 Å². The molecule has 8 heteroatoms. The van der Waals surface area contributed by atoms with E-state index in [1.807, 2.05) is 57.6 Å². The van der Waals surface area contributed by atoms with E-state index in [1.54, 1.807) is 33.6 Å². The van der Waals surface area contributed by atoms with Crippen LogP contribution >= 0.6 is 0 Å². The number of hydrogen-bond donors (Lipinski definition) is 1. The number of nitrogens with zero attached hydrogens (tertiary/aromatic N) is 4. The van der Waals surface area contributed by atoms with Crippen LogP contribution in [0, 0.1) is 5.92 Å². The first kappa shape index (κ1) is 19.2. The Morgan fingerprint density at radius 1 is 1.10 bits per heavy atom. The molecule has 1 aliphatic rings. The molecule has 0 spiro atoms. The van der Waals surface area contributed by atoms with Crippen molar-refractivity contribution in [3.05, 3.63) is 59.4 Å². The fourth-order valence-corrected chi connectivity index (χ4v) is 4.16. The number of hydrogen-bond acceptors (Lipinski definition) is 4. The van der Waals surface area contributed by atoms with Gasteiger partial charge in [0.15, 0.2) is 11.9 Å². The standard InChI is InChI=1S/C23H23N5O3/c1-13(2)20-23(30)28(14-10-25-27(4)11-14)18-7-5-6-16(21(18)31-20)17-12-26(3)22(29)19-15(17)8-9-24-19/h5-13,20,24H,1-4H3. The highest BCUT2D eigenvalue weighted by atomic mass is 16.5. The number of aromatic amines is 1. The molecule has 1 amide bonds. The van der Waals surface area contributed by atoms with Gasteiger partial charge in [-0.3, -0.25) is 19.2 Å². The molecule has 0 aliphatic carbocycles. The maximum absolute atomic E-state index is 13.4. The summed E-state index contributed by atoms with van der Waals surface area (Å²) in [7, 11) is 3.55. The van der Waals surface area contributed by atoms with Gasteiger partial charge in [0.2, 0.25) is 0 Å². The molecule has 0 saturated heterocycles. The second-order valence-electron chi connectivity index (χ2n) is 8.21. The van der Waals surface area contributed by atoms with Gasteiger partial charge in [0.25, 0.3) is 11.5 Å². The second-order valence-corrected chi connectivity index (χ2v) is 8.21. The van der Waals surface area contributed by atoms with E-state index in [0.717, 1.165) is 16.5 Å². The molecule has 1 aromatic carbocycles. The van der Waals surface area contributed by atoms with Gasteiger partial charge in [0.05, 0.1) is 17.6 Å². The van der Waals surface area contributed by atoms with Crippen LogP contribution in [0.2, 0.25) is 0 Å². The first-order valence-corrected chi connectivity index (χ1v) is 10.2. The minimum absolute atomic E-state index is 0.0275. The molecule has 0 fully saturated rings. The number of aryl methyl sites for hydroxylation is 2. The average molecular weight is 417 g/mol. The van der Waals surface area contributed by atoms with Crippen molar-refractivity contribution >= 4 is 28.2 Å². The quantitative estimate of drug-likeness (QED) is 0.554. The summed E-state index contributed by atoms with van der Waals surface area (Å²) in [6.07, 6.45) is 6.42. The van der Waals surface area contributed by atoms with Crippen LogP contribution in [0.15, 0.2) is 53.8 Å². The molecule has 4 heterocycles. The number of rotatable bonds is 3. The van der Waals surface area contributed by atoms with Crippen molar-refractivity contribution in [2.24, 2.45) is 20.0 Å². The van der Waals surface area contributed by atoms with Gasteiger partial charge in [-0.2, -0.15) is 5.10 Å². The van der Waals surface area contributed by atoms with Gasteiger partial charge in [0.1, 0.15) is 5.52 Å². The normalized spacial score (nSPS) is 16.1. The number of H-pyrrole nitrogens is 1. The maximum atomic E-state index is 13.4. The molecule has 1 atom stereocenters. The predicted octanol–water partition coefficient (Wildman–Crippen LogP) is 3.35. The third-order valence-corrected chi connectivity index (χ3v) is 5.68. The summed E-state index contributed by atoms with van der Waals surface area (Å²) in [6.45, 7) is 3.93.